The number of nitriles is 1. The Labute approximate surface area is 230 Å². The van der Waals surface area contributed by atoms with Gasteiger partial charge in [0.05, 0.1) is 45.4 Å². The van der Waals surface area contributed by atoms with Crippen LogP contribution in [0.5, 0.6) is 0 Å². The van der Waals surface area contributed by atoms with Gasteiger partial charge in [-0.15, -0.1) is 9.42 Å². The van der Waals surface area contributed by atoms with Crippen LogP contribution < -0.4 is 5.32 Å². The molecule has 0 radical (unpaired) electrons. The van der Waals surface area contributed by atoms with E-state index in [9.17, 15) is 32.6 Å². The molecule has 0 aliphatic heterocycles. The number of nitrogens with one attached hydrogen (secondary N) is 1. The number of nitrogens with zero attached hydrogens (tertiary/aromatic N) is 4. The molecular formula is C27H18F3N5O5P+. The van der Waals surface area contributed by atoms with Crippen LogP contribution in [0.25, 0.3) is 27.7 Å². The van der Waals surface area contributed by atoms with E-state index in [2.05, 4.69) is 14.8 Å². The number of benzene rings is 2. The summed E-state index contributed by atoms with van der Waals surface area (Å²) in [5, 5.41) is 11.9. The molecule has 41 heavy (non-hydrogen) atoms. The lowest BCUT2D eigenvalue weighted by Crippen LogP contribution is -2.17. The number of imidazole rings is 1. The van der Waals surface area contributed by atoms with Crippen LogP contribution in [-0.4, -0.2) is 37.1 Å². The van der Waals surface area contributed by atoms with Crippen molar-refractivity contribution in [2.24, 2.45) is 7.05 Å². The van der Waals surface area contributed by atoms with Gasteiger partial charge in [-0.1, -0.05) is 6.07 Å². The van der Waals surface area contributed by atoms with Crippen molar-refractivity contribution in [1.82, 2.24) is 14.0 Å². The van der Waals surface area contributed by atoms with Crippen molar-refractivity contribution in [1.29, 1.82) is 5.26 Å². The molecule has 3 heterocycles. The van der Waals surface area contributed by atoms with E-state index >= 15 is 0 Å². The monoisotopic (exact) mass is 580 g/mol. The normalized spacial score (nSPS) is 12.0. The summed E-state index contributed by atoms with van der Waals surface area (Å²) in [5.41, 5.74) is 0.585. The van der Waals surface area contributed by atoms with E-state index in [1.165, 1.54) is 63.8 Å². The predicted octanol–water partition coefficient (Wildman–Crippen LogP) is 5.22. The average molecular weight is 580 g/mol. The highest BCUT2D eigenvalue weighted by atomic mass is 31.1. The zero-order valence-corrected chi connectivity index (χ0v) is 21.9. The van der Waals surface area contributed by atoms with Gasteiger partial charge in [-0.05, 0) is 54.1 Å². The fraction of sp³-hybridized carbons (Fsp3) is 0.111. The fourth-order valence-corrected chi connectivity index (χ4v) is 4.75. The second-order valence-electron chi connectivity index (χ2n) is 8.90. The predicted molar refractivity (Wildman–Crippen MR) is 141 cm³/mol. The molecule has 14 heteroatoms. The third-order valence-corrected chi connectivity index (χ3v) is 6.72. The molecule has 0 bridgehead atoms. The van der Waals surface area contributed by atoms with E-state index in [1.807, 2.05) is 6.07 Å². The second-order valence-corrected chi connectivity index (χ2v) is 9.63. The van der Waals surface area contributed by atoms with Crippen molar-refractivity contribution in [3.63, 3.8) is 0 Å². The van der Waals surface area contributed by atoms with E-state index in [-0.39, 0.29) is 33.6 Å². The van der Waals surface area contributed by atoms with Crippen LogP contribution in [0, 0.1) is 11.3 Å². The van der Waals surface area contributed by atoms with E-state index in [4.69, 9.17) is 4.89 Å². The number of hydrogen-bond donors (Lipinski definition) is 2. The Kier molecular flexibility index (Phi) is 7.15. The first-order chi connectivity index (χ1) is 19.5. The van der Waals surface area contributed by atoms with Gasteiger partial charge in [-0.2, -0.15) is 18.4 Å². The van der Waals surface area contributed by atoms with Crippen LogP contribution in [0.2, 0.25) is 0 Å². The van der Waals surface area contributed by atoms with Crippen LogP contribution in [0.3, 0.4) is 0 Å². The Balaban J connectivity index is 1.54. The molecule has 5 aromatic rings. The molecule has 206 valence electrons. The molecule has 0 aliphatic carbocycles. The number of carbonyl (C=O) groups excluding carboxylic acids is 2. The number of aromatic nitrogens is 3. The summed E-state index contributed by atoms with van der Waals surface area (Å²) in [4.78, 5) is 38.2. The SMILES string of the molecule is Cn1cnc2cc(-c3cccn4c(C(=O)c5ccc(NC(=O)CO[P+](=O)O)c(C#N)c5)ccc34)c(C(F)(F)F)cc21. The molecule has 0 fully saturated rings. The summed E-state index contributed by atoms with van der Waals surface area (Å²) >= 11 is 0. The van der Waals surface area contributed by atoms with Crippen LogP contribution in [0.4, 0.5) is 18.9 Å². The highest BCUT2D eigenvalue weighted by molar-refractivity contribution is 7.32. The number of hydrogen-bond acceptors (Lipinski definition) is 6. The maximum atomic E-state index is 14.1. The van der Waals surface area contributed by atoms with E-state index in [1.54, 1.807) is 13.2 Å². The van der Waals surface area contributed by atoms with Gasteiger partial charge in [0.15, 0.2) is 6.61 Å². The van der Waals surface area contributed by atoms with Gasteiger partial charge < -0.3 is 14.3 Å². The maximum Gasteiger partial charge on any atom is 0.695 e. The van der Waals surface area contributed by atoms with Gasteiger partial charge in [0.2, 0.25) is 5.78 Å². The van der Waals surface area contributed by atoms with Gasteiger partial charge in [-0.3, -0.25) is 9.59 Å². The summed E-state index contributed by atoms with van der Waals surface area (Å²) in [5.74, 6) is -1.31. The molecular weight excluding hydrogens is 562 g/mol. The number of halogens is 3. The highest BCUT2D eigenvalue weighted by Gasteiger charge is 2.35. The standard InChI is InChI=1S/C27H17F3N5O5P/c1-34-14-32-21-10-18(19(11-24(21)34)27(28,29)30)17-3-2-8-35-22(17)6-7-23(35)26(37)15-4-5-20(16(9-15)12-31)33-25(36)13-40-41(38)39/h2-11,14H,13H2,1H3,(H-,33,36,37,38,39)/p+1. The minimum absolute atomic E-state index is 0.0534. The lowest BCUT2D eigenvalue weighted by Gasteiger charge is -2.15. The second kappa shape index (κ2) is 10.6. The van der Waals surface area contributed by atoms with Crippen molar-refractivity contribution in [3.8, 4) is 17.2 Å². The Morgan fingerprint density at radius 2 is 1.90 bits per heavy atom. The zero-order chi connectivity index (χ0) is 29.5. The summed E-state index contributed by atoms with van der Waals surface area (Å²) in [6, 6.07) is 14.3. The lowest BCUT2D eigenvalue weighted by molar-refractivity contribution is -0.137. The molecule has 1 unspecified atom stereocenters. The summed E-state index contributed by atoms with van der Waals surface area (Å²) in [6.07, 6.45) is -1.68. The van der Waals surface area contributed by atoms with Gasteiger partial charge >= 0.3 is 14.4 Å². The van der Waals surface area contributed by atoms with Crippen LogP contribution in [-0.2, 0) is 27.1 Å². The van der Waals surface area contributed by atoms with Crippen molar-refractivity contribution < 1.29 is 36.7 Å². The number of carbonyl (C=O) groups is 2. The molecule has 2 aromatic carbocycles. The Hall–Kier alpha value is -4.89. The molecule has 0 spiro atoms. The average Bonchev–Trinajstić information content (AvgIpc) is 3.54. The van der Waals surface area contributed by atoms with Crippen molar-refractivity contribution in [3.05, 3.63) is 89.5 Å². The number of amides is 1. The molecule has 0 aliphatic rings. The quantitative estimate of drug-likeness (QED) is 0.199. The molecule has 1 atom stereocenters. The van der Waals surface area contributed by atoms with Gasteiger partial charge in [0.1, 0.15) is 6.07 Å². The lowest BCUT2D eigenvalue weighted by atomic mass is 9.98. The molecule has 0 saturated heterocycles. The highest BCUT2D eigenvalue weighted by Crippen LogP contribution is 2.41. The van der Waals surface area contributed by atoms with Gasteiger partial charge in [0.25, 0.3) is 5.91 Å². The number of ketones is 1. The maximum absolute atomic E-state index is 14.1. The number of pyridine rings is 1. The van der Waals surface area contributed by atoms with Crippen molar-refractivity contribution in [2.75, 3.05) is 11.9 Å². The molecule has 10 nitrogen and oxygen atoms in total. The summed E-state index contributed by atoms with van der Waals surface area (Å²) in [6.45, 7) is -0.723. The Morgan fingerprint density at radius 1 is 1.12 bits per heavy atom. The Morgan fingerprint density at radius 3 is 2.61 bits per heavy atom. The third-order valence-electron chi connectivity index (χ3n) is 6.37. The van der Waals surface area contributed by atoms with Crippen LogP contribution >= 0.6 is 8.25 Å². The number of alkyl halides is 3. The zero-order valence-electron chi connectivity index (χ0n) is 21.0. The van der Waals surface area contributed by atoms with Crippen molar-refractivity contribution >= 4 is 42.2 Å². The van der Waals surface area contributed by atoms with Crippen LogP contribution in [0.15, 0.2) is 67.1 Å². The molecule has 5 rings (SSSR count). The minimum atomic E-state index is -4.65. The summed E-state index contributed by atoms with van der Waals surface area (Å²) in [7, 11) is -1.38. The first kappa shape index (κ1) is 27.7. The number of anilines is 1. The van der Waals surface area contributed by atoms with E-state index in [0.717, 1.165) is 6.07 Å². The van der Waals surface area contributed by atoms with E-state index in [0.29, 0.717) is 16.6 Å². The number of rotatable bonds is 7. The minimum Gasteiger partial charge on any atom is -0.334 e. The molecule has 2 N–H and O–H groups in total. The molecule has 1 amide bonds. The van der Waals surface area contributed by atoms with Gasteiger partial charge in [0, 0.05) is 28.9 Å². The van der Waals surface area contributed by atoms with Crippen LogP contribution in [0.1, 0.15) is 27.2 Å². The smallest absolute Gasteiger partial charge is 0.334 e. The van der Waals surface area contributed by atoms with Gasteiger partial charge in [-0.25, -0.2) is 4.98 Å². The molecule has 3 aromatic heterocycles. The Bertz CT molecular complexity index is 1920. The fourth-order valence-electron chi connectivity index (χ4n) is 4.52. The summed E-state index contributed by atoms with van der Waals surface area (Å²) < 4.78 is 60.4. The van der Waals surface area contributed by atoms with Crippen molar-refractivity contribution in [2.45, 2.75) is 6.18 Å². The largest absolute Gasteiger partial charge is 0.695 e. The number of aryl methyl sites for hydroxylation is 1. The topological polar surface area (TPSA) is 139 Å². The number of fused-ring (bicyclic) bond motifs is 2. The molecule has 0 saturated carbocycles. The first-order valence-electron chi connectivity index (χ1n) is 11.8. The third kappa shape index (κ3) is 5.31. The first-order valence-corrected chi connectivity index (χ1v) is 12.9. The van der Waals surface area contributed by atoms with E-state index < -0.39 is 38.3 Å².